The van der Waals surface area contributed by atoms with Crippen LogP contribution in [0.2, 0.25) is 0 Å². The van der Waals surface area contributed by atoms with Gasteiger partial charge in [-0.25, -0.2) is 0 Å². The van der Waals surface area contributed by atoms with Crippen LogP contribution in [0.3, 0.4) is 0 Å². The standard InChI is InChI=1S/C23H31NO3/c1-5-17(3)27-21-13-12-20(18-10-6-7-11-19(18)21)24-22(25)23(26-4)14-8-9-16(2)15-23/h6-7,10-13,16-17H,5,8-9,14-15H2,1-4H3,(H,24,25). The van der Waals surface area contributed by atoms with Crippen molar-refractivity contribution in [1.82, 2.24) is 0 Å². The van der Waals surface area contributed by atoms with Crippen LogP contribution in [0.5, 0.6) is 5.75 Å². The lowest BCUT2D eigenvalue weighted by molar-refractivity contribution is -0.143. The second kappa shape index (κ2) is 8.30. The summed E-state index contributed by atoms with van der Waals surface area (Å²) < 4.78 is 11.8. The lowest BCUT2D eigenvalue weighted by Gasteiger charge is -2.37. The normalized spacial score (nSPS) is 23.8. The molecule has 0 heterocycles. The SMILES string of the molecule is CCC(C)Oc1ccc(NC(=O)C2(OC)CCCC(C)C2)c2ccccc12. The Bertz CT molecular complexity index is 803. The molecular weight excluding hydrogens is 338 g/mol. The first-order chi connectivity index (χ1) is 13.0. The zero-order valence-electron chi connectivity index (χ0n) is 16.9. The molecule has 0 spiro atoms. The fourth-order valence-corrected chi connectivity index (χ4v) is 4.01. The molecule has 4 nitrogen and oxygen atoms in total. The Morgan fingerprint density at radius 3 is 2.67 bits per heavy atom. The fraction of sp³-hybridized carbons (Fsp3) is 0.522. The topological polar surface area (TPSA) is 47.6 Å². The maximum Gasteiger partial charge on any atom is 0.256 e. The van der Waals surface area contributed by atoms with Crippen LogP contribution in [0.4, 0.5) is 5.69 Å². The number of methoxy groups -OCH3 is 1. The maximum absolute atomic E-state index is 13.2. The first-order valence-electron chi connectivity index (χ1n) is 10.0. The Hall–Kier alpha value is -2.07. The summed E-state index contributed by atoms with van der Waals surface area (Å²) in [6.07, 6.45) is 4.80. The number of amides is 1. The molecule has 27 heavy (non-hydrogen) atoms. The molecule has 0 saturated heterocycles. The van der Waals surface area contributed by atoms with Crippen molar-refractivity contribution in [3.63, 3.8) is 0 Å². The third-order valence-corrected chi connectivity index (χ3v) is 5.80. The number of nitrogens with one attached hydrogen (secondary N) is 1. The summed E-state index contributed by atoms with van der Waals surface area (Å²) in [6.45, 7) is 6.37. The molecule has 1 N–H and O–H groups in total. The highest BCUT2D eigenvalue weighted by Crippen LogP contribution is 2.37. The van der Waals surface area contributed by atoms with Crippen LogP contribution >= 0.6 is 0 Å². The second-order valence-corrected chi connectivity index (χ2v) is 7.85. The number of carbonyl (C=O) groups excluding carboxylic acids is 1. The minimum Gasteiger partial charge on any atom is -0.490 e. The third kappa shape index (κ3) is 4.11. The van der Waals surface area contributed by atoms with Crippen LogP contribution in [0.15, 0.2) is 36.4 Å². The lowest BCUT2D eigenvalue weighted by Crippen LogP contribution is -2.47. The smallest absolute Gasteiger partial charge is 0.256 e. The van der Waals surface area contributed by atoms with Gasteiger partial charge in [0.1, 0.15) is 11.4 Å². The molecule has 4 heteroatoms. The van der Waals surface area contributed by atoms with Gasteiger partial charge in [0.25, 0.3) is 5.91 Å². The average molecular weight is 370 g/mol. The average Bonchev–Trinajstić information content (AvgIpc) is 2.69. The van der Waals surface area contributed by atoms with E-state index in [1.54, 1.807) is 7.11 Å². The molecule has 0 radical (unpaired) electrons. The highest BCUT2D eigenvalue weighted by atomic mass is 16.5. The minimum absolute atomic E-state index is 0.0442. The summed E-state index contributed by atoms with van der Waals surface area (Å²) in [4.78, 5) is 13.2. The fourth-order valence-electron chi connectivity index (χ4n) is 4.01. The van der Waals surface area contributed by atoms with Crippen molar-refractivity contribution in [3.8, 4) is 5.75 Å². The number of ether oxygens (including phenoxy) is 2. The van der Waals surface area contributed by atoms with E-state index in [-0.39, 0.29) is 12.0 Å². The molecular formula is C23H31NO3. The summed E-state index contributed by atoms with van der Waals surface area (Å²) in [5.74, 6) is 1.30. The van der Waals surface area contributed by atoms with Gasteiger partial charge in [-0.2, -0.15) is 0 Å². The van der Waals surface area contributed by atoms with Crippen molar-refractivity contribution < 1.29 is 14.3 Å². The Morgan fingerprint density at radius 1 is 1.26 bits per heavy atom. The van der Waals surface area contributed by atoms with E-state index in [0.29, 0.717) is 5.92 Å². The highest BCUT2D eigenvalue weighted by molar-refractivity contribution is 6.06. The molecule has 2 aromatic carbocycles. The van der Waals surface area contributed by atoms with Crippen LogP contribution < -0.4 is 10.1 Å². The predicted octanol–water partition coefficient (Wildman–Crippen LogP) is 5.55. The van der Waals surface area contributed by atoms with Gasteiger partial charge < -0.3 is 14.8 Å². The summed E-state index contributed by atoms with van der Waals surface area (Å²) in [7, 11) is 1.65. The molecule has 3 unspecified atom stereocenters. The molecule has 146 valence electrons. The largest absolute Gasteiger partial charge is 0.490 e. The zero-order valence-corrected chi connectivity index (χ0v) is 16.9. The quantitative estimate of drug-likeness (QED) is 0.726. The first-order valence-corrected chi connectivity index (χ1v) is 10.0. The van der Waals surface area contributed by atoms with Crippen LogP contribution in [-0.2, 0) is 9.53 Å². The van der Waals surface area contributed by atoms with Crippen molar-refractivity contribution in [2.24, 2.45) is 5.92 Å². The molecule has 1 amide bonds. The molecule has 0 bridgehead atoms. The van der Waals surface area contributed by atoms with Gasteiger partial charge in [0.2, 0.25) is 0 Å². The number of anilines is 1. The first kappa shape index (κ1) is 19.7. The van der Waals surface area contributed by atoms with Crippen LogP contribution in [0.25, 0.3) is 10.8 Å². The van der Waals surface area contributed by atoms with Gasteiger partial charge in [0.05, 0.1) is 6.10 Å². The van der Waals surface area contributed by atoms with Gasteiger partial charge in [-0.3, -0.25) is 4.79 Å². The predicted molar refractivity (Wildman–Crippen MR) is 110 cm³/mol. The molecule has 2 aromatic rings. The van der Waals surface area contributed by atoms with Crippen molar-refractivity contribution >= 4 is 22.4 Å². The zero-order chi connectivity index (χ0) is 19.4. The molecule has 0 aliphatic heterocycles. The van der Waals surface area contributed by atoms with E-state index in [1.807, 2.05) is 36.4 Å². The van der Waals surface area contributed by atoms with Crippen LogP contribution in [0, 0.1) is 5.92 Å². The van der Waals surface area contributed by atoms with E-state index in [4.69, 9.17) is 9.47 Å². The number of fused-ring (bicyclic) bond motifs is 1. The van der Waals surface area contributed by atoms with Crippen molar-refractivity contribution in [2.75, 3.05) is 12.4 Å². The number of hydrogen-bond acceptors (Lipinski definition) is 3. The maximum atomic E-state index is 13.2. The molecule has 1 aliphatic carbocycles. The van der Waals surface area contributed by atoms with E-state index in [0.717, 1.165) is 54.3 Å². The molecule has 1 saturated carbocycles. The van der Waals surface area contributed by atoms with Gasteiger partial charge in [0.15, 0.2) is 0 Å². The second-order valence-electron chi connectivity index (χ2n) is 7.85. The van der Waals surface area contributed by atoms with Gasteiger partial charge in [0, 0.05) is 23.6 Å². The van der Waals surface area contributed by atoms with Gasteiger partial charge in [-0.15, -0.1) is 0 Å². The Morgan fingerprint density at radius 2 is 2.00 bits per heavy atom. The van der Waals surface area contributed by atoms with E-state index in [1.165, 1.54) is 0 Å². The minimum atomic E-state index is -0.731. The van der Waals surface area contributed by atoms with Gasteiger partial charge in [-0.05, 0) is 50.7 Å². The third-order valence-electron chi connectivity index (χ3n) is 5.80. The van der Waals surface area contributed by atoms with Crippen molar-refractivity contribution in [1.29, 1.82) is 0 Å². The number of carbonyl (C=O) groups is 1. The summed E-state index contributed by atoms with van der Waals surface area (Å²) in [5.41, 5.74) is 0.0757. The van der Waals surface area contributed by atoms with E-state index in [2.05, 4.69) is 26.1 Å². The van der Waals surface area contributed by atoms with E-state index < -0.39 is 5.60 Å². The molecule has 3 atom stereocenters. The van der Waals surface area contributed by atoms with E-state index >= 15 is 0 Å². The van der Waals surface area contributed by atoms with E-state index in [9.17, 15) is 4.79 Å². The molecule has 1 fully saturated rings. The summed E-state index contributed by atoms with van der Waals surface area (Å²) in [5, 5.41) is 5.14. The molecule has 0 aromatic heterocycles. The highest BCUT2D eigenvalue weighted by Gasteiger charge is 2.42. The van der Waals surface area contributed by atoms with Gasteiger partial charge >= 0.3 is 0 Å². The number of hydrogen-bond donors (Lipinski definition) is 1. The summed E-state index contributed by atoms with van der Waals surface area (Å²) in [6, 6.07) is 11.9. The van der Waals surface area contributed by atoms with Crippen molar-refractivity contribution in [2.45, 2.75) is 64.6 Å². The van der Waals surface area contributed by atoms with Gasteiger partial charge in [-0.1, -0.05) is 44.5 Å². The Balaban J connectivity index is 1.91. The van der Waals surface area contributed by atoms with Crippen LogP contribution in [-0.4, -0.2) is 24.7 Å². The number of benzene rings is 2. The monoisotopic (exact) mass is 369 g/mol. The lowest BCUT2D eigenvalue weighted by atomic mass is 9.78. The Kier molecular flexibility index (Phi) is 6.05. The Labute approximate surface area is 162 Å². The van der Waals surface area contributed by atoms with Crippen molar-refractivity contribution in [3.05, 3.63) is 36.4 Å². The molecule has 1 aliphatic rings. The number of rotatable bonds is 6. The van der Waals surface area contributed by atoms with Crippen LogP contribution in [0.1, 0.15) is 52.9 Å². The molecule has 3 rings (SSSR count). The summed E-state index contributed by atoms with van der Waals surface area (Å²) >= 11 is 0.